The van der Waals surface area contributed by atoms with Gasteiger partial charge in [0.15, 0.2) is 0 Å². The molecule has 2 aliphatic heterocycles. The number of hydrogen-bond donors (Lipinski definition) is 1. The monoisotopic (exact) mass is 343 g/mol. The van der Waals surface area contributed by atoms with Crippen LogP contribution in [0.1, 0.15) is 18.5 Å². The van der Waals surface area contributed by atoms with E-state index in [0.717, 1.165) is 39.0 Å². The van der Waals surface area contributed by atoms with Crippen LogP contribution in [0, 0.1) is 17.7 Å². The molecule has 2 aliphatic rings. The lowest BCUT2D eigenvalue weighted by Crippen LogP contribution is -2.34. The molecule has 2 saturated heterocycles. The number of rotatable bonds is 3. The third-order valence-electron chi connectivity index (χ3n) is 5.35. The lowest BCUT2D eigenvalue weighted by Gasteiger charge is -2.20. The first-order valence-corrected chi connectivity index (χ1v) is 8.88. The van der Waals surface area contributed by atoms with E-state index in [9.17, 15) is 9.18 Å². The van der Waals surface area contributed by atoms with Crippen molar-refractivity contribution < 1.29 is 13.6 Å². The Morgan fingerprint density at radius 1 is 1.20 bits per heavy atom. The largest absolute Gasteiger partial charge is 0.444 e. The number of carbonyl (C=O) groups excluding carboxylic acids is 1. The Kier molecular flexibility index (Phi) is 4.53. The molecule has 1 aromatic heterocycles. The Labute approximate surface area is 146 Å². The summed E-state index contributed by atoms with van der Waals surface area (Å²) >= 11 is 0. The highest BCUT2D eigenvalue weighted by Crippen LogP contribution is 2.27. The number of benzene rings is 1. The van der Waals surface area contributed by atoms with Gasteiger partial charge in [-0.2, -0.15) is 0 Å². The topological polar surface area (TPSA) is 58.4 Å². The molecule has 3 heterocycles. The summed E-state index contributed by atoms with van der Waals surface area (Å²) in [4.78, 5) is 19.0. The summed E-state index contributed by atoms with van der Waals surface area (Å²) in [5.74, 6) is 1.63. The van der Waals surface area contributed by atoms with Crippen LogP contribution in [-0.2, 0) is 11.2 Å². The second kappa shape index (κ2) is 6.96. The second-order valence-electron chi connectivity index (χ2n) is 6.96. The van der Waals surface area contributed by atoms with Crippen LogP contribution in [0.2, 0.25) is 0 Å². The molecule has 6 heteroatoms. The van der Waals surface area contributed by atoms with Gasteiger partial charge in [0, 0.05) is 18.7 Å². The summed E-state index contributed by atoms with van der Waals surface area (Å²) in [7, 11) is 0. The maximum Gasteiger partial charge on any atom is 0.228 e. The molecule has 0 bridgehead atoms. The predicted octanol–water partition coefficient (Wildman–Crippen LogP) is 2.48. The van der Waals surface area contributed by atoms with Crippen molar-refractivity contribution in [3.05, 3.63) is 42.0 Å². The summed E-state index contributed by atoms with van der Waals surface area (Å²) in [5, 5.41) is 3.45. The fourth-order valence-electron chi connectivity index (χ4n) is 3.85. The molecule has 0 unspecified atom stereocenters. The Balaban J connectivity index is 1.38. The molecule has 0 spiro atoms. The zero-order chi connectivity index (χ0) is 17.2. The molecule has 4 rings (SSSR count). The normalized spacial score (nSPS) is 23.3. The summed E-state index contributed by atoms with van der Waals surface area (Å²) < 4.78 is 18.4. The van der Waals surface area contributed by atoms with Crippen molar-refractivity contribution in [1.82, 2.24) is 15.2 Å². The van der Waals surface area contributed by atoms with Gasteiger partial charge in [-0.3, -0.25) is 4.79 Å². The van der Waals surface area contributed by atoms with E-state index < -0.39 is 0 Å². The maximum atomic E-state index is 13.0. The Bertz CT molecular complexity index is 729. The van der Waals surface area contributed by atoms with Crippen LogP contribution in [0.4, 0.5) is 4.39 Å². The maximum absolute atomic E-state index is 13.0. The number of aromatic nitrogens is 1. The number of nitrogens with one attached hydrogen (secondary N) is 1. The van der Waals surface area contributed by atoms with E-state index in [-0.39, 0.29) is 18.1 Å². The number of fused-ring (bicyclic) bond motifs is 1. The molecular formula is C19H22FN3O2. The SMILES string of the molecule is O=C(Cc1coc(-c2ccc(F)cc2)n1)N1CC[C@@H]2CNC[C@@H]2CC1. The smallest absolute Gasteiger partial charge is 0.228 e. The predicted molar refractivity (Wildman–Crippen MR) is 91.3 cm³/mol. The van der Waals surface area contributed by atoms with Gasteiger partial charge < -0.3 is 14.6 Å². The zero-order valence-corrected chi connectivity index (χ0v) is 14.1. The van der Waals surface area contributed by atoms with Crippen molar-refractivity contribution in [3.63, 3.8) is 0 Å². The quantitative estimate of drug-likeness (QED) is 0.930. The van der Waals surface area contributed by atoms with Gasteiger partial charge in [0.25, 0.3) is 0 Å². The van der Waals surface area contributed by atoms with E-state index in [0.29, 0.717) is 29.0 Å². The van der Waals surface area contributed by atoms with E-state index in [1.54, 1.807) is 12.1 Å². The van der Waals surface area contributed by atoms with Gasteiger partial charge in [-0.05, 0) is 62.0 Å². The number of hydrogen-bond acceptors (Lipinski definition) is 4. The molecule has 2 atom stereocenters. The van der Waals surface area contributed by atoms with E-state index in [4.69, 9.17) is 4.42 Å². The van der Waals surface area contributed by atoms with E-state index in [1.165, 1.54) is 18.4 Å². The van der Waals surface area contributed by atoms with Gasteiger partial charge in [0.2, 0.25) is 11.8 Å². The minimum atomic E-state index is -0.299. The van der Waals surface area contributed by atoms with Crippen LogP contribution in [-0.4, -0.2) is 42.0 Å². The van der Waals surface area contributed by atoms with Gasteiger partial charge in [0.1, 0.15) is 12.1 Å². The van der Waals surface area contributed by atoms with Crippen LogP contribution < -0.4 is 5.32 Å². The first kappa shape index (κ1) is 16.3. The molecule has 0 radical (unpaired) electrons. The fourth-order valence-corrected chi connectivity index (χ4v) is 3.85. The van der Waals surface area contributed by atoms with Crippen molar-refractivity contribution in [2.45, 2.75) is 19.3 Å². The lowest BCUT2D eigenvalue weighted by molar-refractivity contribution is -0.130. The molecule has 1 amide bonds. The Morgan fingerprint density at radius 2 is 1.88 bits per heavy atom. The van der Waals surface area contributed by atoms with Crippen LogP contribution in [0.25, 0.3) is 11.5 Å². The molecule has 25 heavy (non-hydrogen) atoms. The first-order chi connectivity index (χ1) is 12.2. The molecule has 0 saturated carbocycles. The Hall–Kier alpha value is -2.21. The van der Waals surface area contributed by atoms with Gasteiger partial charge in [-0.15, -0.1) is 0 Å². The number of carbonyl (C=O) groups is 1. The minimum absolute atomic E-state index is 0.104. The van der Waals surface area contributed by atoms with Gasteiger partial charge >= 0.3 is 0 Å². The highest BCUT2D eigenvalue weighted by Gasteiger charge is 2.31. The summed E-state index contributed by atoms with van der Waals surface area (Å²) in [6.07, 6.45) is 3.91. The lowest BCUT2D eigenvalue weighted by atomic mass is 9.92. The van der Waals surface area contributed by atoms with Crippen molar-refractivity contribution in [2.75, 3.05) is 26.2 Å². The van der Waals surface area contributed by atoms with Crippen molar-refractivity contribution in [1.29, 1.82) is 0 Å². The highest BCUT2D eigenvalue weighted by molar-refractivity contribution is 5.78. The van der Waals surface area contributed by atoms with Gasteiger partial charge in [-0.25, -0.2) is 9.37 Å². The number of oxazole rings is 1. The Morgan fingerprint density at radius 3 is 2.56 bits per heavy atom. The molecule has 132 valence electrons. The van der Waals surface area contributed by atoms with Crippen molar-refractivity contribution in [2.24, 2.45) is 11.8 Å². The van der Waals surface area contributed by atoms with Crippen LogP contribution in [0.5, 0.6) is 0 Å². The molecule has 1 aromatic carbocycles. The van der Waals surface area contributed by atoms with Gasteiger partial charge in [-0.1, -0.05) is 0 Å². The fraction of sp³-hybridized carbons (Fsp3) is 0.474. The third-order valence-corrected chi connectivity index (χ3v) is 5.35. The zero-order valence-electron chi connectivity index (χ0n) is 14.1. The van der Waals surface area contributed by atoms with Crippen LogP contribution in [0.15, 0.2) is 34.9 Å². The number of nitrogens with zero attached hydrogens (tertiary/aromatic N) is 2. The molecule has 2 aromatic rings. The van der Waals surface area contributed by atoms with E-state index in [2.05, 4.69) is 10.3 Å². The highest BCUT2D eigenvalue weighted by atomic mass is 19.1. The molecular weight excluding hydrogens is 321 g/mol. The molecule has 5 nitrogen and oxygen atoms in total. The van der Waals surface area contributed by atoms with E-state index >= 15 is 0 Å². The minimum Gasteiger partial charge on any atom is -0.444 e. The van der Waals surface area contributed by atoms with Crippen molar-refractivity contribution in [3.8, 4) is 11.5 Å². The average molecular weight is 343 g/mol. The molecule has 1 N–H and O–H groups in total. The second-order valence-corrected chi connectivity index (χ2v) is 6.96. The number of likely N-dealkylation sites (tertiary alicyclic amines) is 1. The van der Waals surface area contributed by atoms with Crippen LogP contribution in [0.3, 0.4) is 0 Å². The number of halogens is 1. The molecule has 0 aliphatic carbocycles. The third kappa shape index (κ3) is 3.58. The molecule has 2 fully saturated rings. The first-order valence-electron chi connectivity index (χ1n) is 8.88. The summed E-state index contributed by atoms with van der Waals surface area (Å²) in [5.41, 5.74) is 1.32. The number of amides is 1. The van der Waals surface area contributed by atoms with Crippen LogP contribution >= 0.6 is 0 Å². The van der Waals surface area contributed by atoms with E-state index in [1.807, 2.05) is 4.90 Å². The standard InChI is InChI=1S/C19H22FN3O2/c20-16-3-1-13(2-4-16)19-22-17(12-25-19)9-18(24)23-7-5-14-10-21-11-15(14)6-8-23/h1-4,12,14-15,21H,5-11H2/t14-,15+. The summed E-state index contributed by atoms with van der Waals surface area (Å²) in [6.45, 7) is 3.81. The van der Waals surface area contributed by atoms with Crippen molar-refractivity contribution >= 4 is 5.91 Å². The van der Waals surface area contributed by atoms with Gasteiger partial charge in [0.05, 0.1) is 12.1 Å². The average Bonchev–Trinajstić information content (AvgIpc) is 3.21. The summed E-state index contributed by atoms with van der Waals surface area (Å²) in [6, 6.07) is 5.98.